The molecule has 50 heavy (non-hydrogen) atoms. The Morgan fingerprint density at radius 2 is 1.78 bits per heavy atom. The highest BCUT2D eigenvalue weighted by atomic mass is 79.9. The number of esters is 1. The summed E-state index contributed by atoms with van der Waals surface area (Å²) < 4.78 is 15.7. The fourth-order valence-electron chi connectivity index (χ4n) is 5.96. The summed E-state index contributed by atoms with van der Waals surface area (Å²) in [5, 5.41) is 0.566. The Hall–Kier alpha value is -4.89. The molecular weight excluding hydrogens is 761 g/mol. The Morgan fingerprint density at radius 1 is 1.00 bits per heavy atom. The number of carbonyl (C=O) groups is 3. The summed E-state index contributed by atoms with van der Waals surface area (Å²) in [5.41, 5.74) is 3.23. The highest BCUT2D eigenvalue weighted by molar-refractivity contribution is 9.10. The number of rotatable bonds is 7. The standard InChI is InChI=1S/C36H23BrN4O6S3/c1-3-46-34(45)29-18(2)38-35-41(30(29)19-7-6-8-20(37)15-19)33(44)27(48-35)17-22-12-14-28(47-22)50-36-39-25-13-11-21(16-26(25)49-36)40-31(42)23-9-4-5-10-24(23)32(40)43/h4-17,30H,3H2,1-2H3/b27-17-/t30-/m0/s1. The fourth-order valence-corrected chi connectivity index (χ4v) is 9.41. The van der Waals surface area contributed by atoms with E-state index in [1.54, 1.807) is 74.5 Å². The van der Waals surface area contributed by atoms with Gasteiger partial charge in [0, 0.05) is 10.5 Å². The molecule has 14 heteroatoms. The minimum atomic E-state index is -0.718. The number of amides is 2. The third-order valence-electron chi connectivity index (χ3n) is 8.15. The van der Waals surface area contributed by atoms with Gasteiger partial charge in [-0.25, -0.2) is 19.7 Å². The van der Waals surface area contributed by atoms with E-state index in [1.165, 1.54) is 43.9 Å². The van der Waals surface area contributed by atoms with Crippen LogP contribution in [0.2, 0.25) is 0 Å². The van der Waals surface area contributed by atoms with Crippen molar-refractivity contribution < 1.29 is 23.5 Å². The van der Waals surface area contributed by atoms with Crippen molar-refractivity contribution in [2.24, 2.45) is 4.99 Å². The zero-order chi connectivity index (χ0) is 34.7. The molecule has 2 aliphatic heterocycles. The molecule has 3 aromatic carbocycles. The van der Waals surface area contributed by atoms with Gasteiger partial charge in [0.25, 0.3) is 17.4 Å². The van der Waals surface area contributed by atoms with Gasteiger partial charge in [0.2, 0.25) is 0 Å². The SMILES string of the molecule is CCOC(=O)C1=C(C)N=c2s/c(=C\c3ccc(Sc4nc5ccc(N6C(=O)c7ccccc7C6=O)cc5s4)o3)c(=O)n2[C@H]1c1cccc(Br)c1. The summed E-state index contributed by atoms with van der Waals surface area (Å²) in [4.78, 5) is 64.1. The van der Waals surface area contributed by atoms with Crippen LogP contribution < -0.4 is 19.8 Å². The minimum Gasteiger partial charge on any atom is -0.463 e. The molecule has 0 bridgehead atoms. The molecule has 1 atom stereocenters. The van der Waals surface area contributed by atoms with Crippen LogP contribution in [0, 0.1) is 0 Å². The molecule has 0 aliphatic carbocycles. The lowest BCUT2D eigenvalue weighted by atomic mass is 9.96. The number of imide groups is 1. The van der Waals surface area contributed by atoms with Gasteiger partial charge >= 0.3 is 5.97 Å². The number of carbonyl (C=O) groups excluding carboxylic acids is 3. The number of hydrogen-bond donors (Lipinski definition) is 0. The van der Waals surface area contributed by atoms with Crippen LogP contribution in [-0.2, 0) is 9.53 Å². The molecule has 3 aromatic heterocycles. The van der Waals surface area contributed by atoms with Crippen molar-refractivity contribution >= 4 is 90.1 Å². The Bertz CT molecular complexity index is 2600. The summed E-state index contributed by atoms with van der Waals surface area (Å²) in [7, 11) is 0. The topological polar surface area (TPSA) is 124 Å². The lowest BCUT2D eigenvalue weighted by molar-refractivity contribution is -0.139. The summed E-state index contributed by atoms with van der Waals surface area (Å²) in [6.07, 6.45) is 1.67. The Morgan fingerprint density at radius 3 is 2.52 bits per heavy atom. The molecule has 2 amide bonds. The van der Waals surface area contributed by atoms with E-state index in [1.807, 2.05) is 24.3 Å². The maximum absolute atomic E-state index is 13.9. The number of fused-ring (bicyclic) bond motifs is 3. The van der Waals surface area contributed by atoms with E-state index in [-0.39, 0.29) is 24.0 Å². The smallest absolute Gasteiger partial charge is 0.338 e. The van der Waals surface area contributed by atoms with Gasteiger partial charge in [-0.2, -0.15) is 0 Å². The number of benzene rings is 3. The average Bonchev–Trinajstić information content (AvgIpc) is 3.85. The molecule has 0 radical (unpaired) electrons. The van der Waals surface area contributed by atoms with Gasteiger partial charge in [0.05, 0.1) is 55.5 Å². The van der Waals surface area contributed by atoms with Crippen LogP contribution in [0.25, 0.3) is 16.3 Å². The van der Waals surface area contributed by atoms with Gasteiger partial charge in [0.15, 0.2) is 14.2 Å². The number of furan rings is 1. The Kier molecular flexibility index (Phi) is 8.26. The summed E-state index contributed by atoms with van der Waals surface area (Å²) in [6, 6.07) is 22.4. The highest BCUT2D eigenvalue weighted by Gasteiger charge is 2.37. The second-order valence-electron chi connectivity index (χ2n) is 11.2. The van der Waals surface area contributed by atoms with Gasteiger partial charge in [0.1, 0.15) is 5.76 Å². The van der Waals surface area contributed by atoms with Crippen molar-refractivity contribution in [3.05, 3.63) is 137 Å². The van der Waals surface area contributed by atoms with E-state index in [0.717, 1.165) is 20.3 Å². The molecule has 0 spiro atoms. The van der Waals surface area contributed by atoms with E-state index in [0.29, 0.717) is 52.6 Å². The predicted octanol–water partition coefficient (Wildman–Crippen LogP) is 6.72. The zero-order valence-electron chi connectivity index (χ0n) is 26.2. The van der Waals surface area contributed by atoms with Gasteiger partial charge in [-0.15, -0.1) is 11.3 Å². The number of nitrogens with zero attached hydrogens (tertiary/aromatic N) is 4. The number of hydrogen-bond acceptors (Lipinski definition) is 11. The number of allylic oxidation sites excluding steroid dienone is 1. The third kappa shape index (κ3) is 5.57. The van der Waals surface area contributed by atoms with E-state index < -0.39 is 12.0 Å². The van der Waals surface area contributed by atoms with Crippen molar-refractivity contribution in [3.8, 4) is 0 Å². The average molecular weight is 784 g/mol. The van der Waals surface area contributed by atoms with Crippen LogP contribution >= 0.6 is 50.4 Å². The number of anilines is 1. The minimum absolute atomic E-state index is 0.192. The first-order chi connectivity index (χ1) is 24.2. The first kappa shape index (κ1) is 32.3. The molecule has 0 fully saturated rings. The molecule has 248 valence electrons. The molecule has 8 rings (SSSR count). The van der Waals surface area contributed by atoms with Crippen molar-refractivity contribution in [2.75, 3.05) is 11.5 Å². The molecule has 6 aromatic rings. The summed E-state index contributed by atoms with van der Waals surface area (Å²) in [5.74, 6) is -0.752. The largest absolute Gasteiger partial charge is 0.463 e. The molecule has 0 saturated heterocycles. The number of aromatic nitrogens is 2. The van der Waals surface area contributed by atoms with Crippen LogP contribution in [0.1, 0.15) is 51.9 Å². The molecule has 2 aliphatic rings. The fraction of sp³-hybridized carbons (Fsp3) is 0.111. The lowest BCUT2D eigenvalue weighted by Crippen LogP contribution is -2.39. The van der Waals surface area contributed by atoms with Gasteiger partial charge in [-0.3, -0.25) is 19.0 Å². The third-order valence-corrected chi connectivity index (χ3v) is 11.6. The molecule has 0 unspecified atom stereocenters. The quantitative estimate of drug-likeness (QED) is 0.129. The number of thiazole rings is 2. The maximum atomic E-state index is 13.9. The van der Waals surface area contributed by atoms with Crippen LogP contribution in [-0.4, -0.2) is 33.9 Å². The van der Waals surface area contributed by atoms with E-state index in [2.05, 4.69) is 20.9 Å². The molecular formula is C36H23BrN4O6S3. The van der Waals surface area contributed by atoms with Crippen LogP contribution in [0.5, 0.6) is 0 Å². The first-order valence-electron chi connectivity index (χ1n) is 15.3. The normalized spacial score (nSPS) is 15.9. The zero-order valence-corrected chi connectivity index (χ0v) is 30.2. The molecule has 0 N–H and O–H groups in total. The number of halogens is 1. The van der Waals surface area contributed by atoms with E-state index in [4.69, 9.17) is 14.1 Å². The lowest BCUT2D eigenvalue weighted by Gasteiger charge is -2.24. The van der Waals surface area contributed by atoms with Crippen molar-refractivity contribution in [1.29, 1.82) is 0 Å². The maximum Gasteiger partial charge on any atom is 0.338 e. The second kappa shape index (κ2) is 12.8. The summed E-state index contributed by atoms with van der Waals surface area (Å²) >= 11 is 7.46. The second-order valence-corrected chi connectivity index (χ2v) is 15.4. The van der Waals surface area contributed by atoms with Crippen molar-refractivity contribution in [2.45, 2.75) is 29.3 Å². The molecule has 0 saturated carbocycles. The van der Waals surface area contributed by atoms with Crippen LogP contribution in [0.4, 0.5) is 5.69 Å². The van der Waals surface area contributed by atoms with Gasteiger partial charge in [-0.1, -0.05) is 51.5 Å². The van der Waals surface area contributed by atoms with E-state index >= 15 is 0 Å². The van der Waals surface area contributed by atoms with Crippen LogP contribution in [0.15, 0.2) is 118 Å². The molecule has 5 heterocycles. The van der Waals surface area contributed by atoms with Gasteiger partial charge in [-0.05, 0) is 85.8 Å². The first-order valence-corrected chi connectivity index (χ1v) is 18.6. The van der Waals surface area contributed by atoms with Crippen LogP contribution in [0.3, 0.4) is 0 Å². The van der Waals surface area contributed by atoms with Crippen molar-refractivity contribution in [1.82, 2.24) is 9.55 Å². The van der Waals surface area contributed by atoms with E-state index in [9.17, 15) is 19.2 Å². The Balaban J connectivity index is 1.08. The highest BCUT2D eigenvalue weighted by Crippen LogP contribution is 2.38. The monoisotopic (exact) mass is 782 g/mol. The molecule has 10 nitrogen and oxygen atoms in total. The summed E-state index contributed by atoms with van der Waals surface area (Å²) in [6.45, 7) is 3.68. The number of ether oxygens (including phenoxy) is 1. The Labute approximate surface area is 304 Å². The van der Waals surface area contributed by atoms with Crippen molar-refractivity contribution in [3.63, 3.8) is 0 Å². The van der Waals surface area contributed by atoms with Gasteiger partial charge < -0.3 is 9.15 Å². The predicted molar refractivity (Wildman–Crippen MR) is 195 cm³/mol.